The summed E-state index contributed by atoms with van der Waals surface area (Å²) in [6, 6.07) is 21.0. The second kappa shape index (κ2) is 10.8. The van der Waals surface area contributed by atoms with Crippen LogP contribution in [0.15, 0.2) is 72.8 Å². The Morgan fingerprint density at radius 3 is 2.21 bits per heavy atom. The lowest BCUT2D eigenvalue weighted by Crippen LogP contribution is -2.36. The summed E-state index contributed by atoms with van der Waals surface area (Å²) in [7, 11) is 0. The van der Waals surface area contributed by atoms with Crippen LogP contribution in [0.1, 0.15) is 31.8 Å². The number of benzene rings is 3. The molecule has 1 fully saturated rings. The first-order valence-corrected chi connectivity index (χ1v) is 11.1. The lowest BCUT2D eigenvalue weighted by atomic mass is 9.98. The number of ether oxygens (including phenoxy) is 2. The molecular formula is C27H26N2O5. The summed E-state index contributed by atoms with van der Waals surface area (Å²) in [4.78, 5) is 40.1. The largest absolute Gasteiger partial charge is 0.452 e. The molecule has 3 aromatic carbocycles. The van der Waals surface area contributed by atoms with Gasteiger partial charge in [0.2, 0.25) is 0 Å². The van der Waals surface area contributed by atoms with Crippen molar-refractivity contribution in [1.82, 2.24) is 0 Å². The molecule has 0 aliphatic carbocycles. The Kier molecular flexibility index (Phi) is 7.34. The predicted octanol–water partition coefficient (Wildman–Crippen LogP) is 3.86. The van der Waals surface area contributed by atoms with Crippen molar-refractivity contribution >= 4 is 29.0 Å². The van der Waals surface area contributed by atoms with Crippen LogP contribution < -0.4 is 10.2 Å². The van der Waals surface area contributed by atoms with Gasteiger partial charge in [-0.05, 0) is 37.3 Å². The van der Waals surface area contributed by atoms with Crippen molar-refractivity contribution in [2.24, 2.45) is 0 Å². The molecule has 1 saturated heterocycles. The first-order chi connectivity index (χ1) is 16.5. The molecule has 0 spiro atoms. The topological polar surface area (TPSA) is 84.9 Å². The maximum atomic E-state index is 12.9. The number of carbonyl (C=O) groups is 3. The van der Waals surface area contributed by atoms with E-state index in [-0.39, 0.29) is 16.9 Å². The fraction of sp³-hybridized carbons (Fsp3) is 0.222. The first kappa shape index (κ1) is 23.2. The lowest BCUT2D eigenvalue weighted by molar-refractivity contribution is -0.119. The molecule has 1 aliphatic heterocycles. The van der Waals surface area contributed by atoms with E-state index in [0.29, 0.717) is 24.5 Å². The van der Waals surface area contributed by atoms with Gasteiger partial charge in [0.25, 0.3) is 5.91 Å². The Hall–Kier alpha value is -3.97. The summed E-state index contributed by atoms with van der Waals surface area (Å²) in [5, 5.41) is 2.72. The van der Waals surface area contributed by atoms with Crippen LogP contribution in [0.5, 0.6) is 0 Å². The molecule has 0 unspecified atom stereocenters. The average molecular weight is 459 g/mol. The Morgan fingerprint density at radius 1 is 0.882 bits per heavy atom. The quantitative estimate of drug-likeness (QED) is 0.428. The molecule has 34 heavy (non-hydrogen) atoms. The summed E-state index contributed by atoms with van der Waals surface area (Å²) in [6.07, 6.45) is 0. The van der Waals surface area contributed by atoms with Gasteiger partial charge in [0.05, 0.1) is 18.8 Å². The number of hydrogen-bond acceptors (Lipinski definition) is 6. The second-order valence-electron chi connectivity index (χ2n) is 8.01. The minimum atomic E-state index is -0.728. The number of morpholine rings is 1. The van der Waals surface area contributed by atoms with Crippen molar-refractivity contribution in [2.45, 2.75) is 6.92 Å². The monoisotopic (exact) mass is 458 g/mol. The van der Waals surface area contributed by atoms with Crippen LogP contribution in [0, 0.1) is 6.92 Å². The molecule has 3 aromatic rings. The fourth-order valence-corrected chi connectivity index (χ4v) is 3.70. The van der Waals surface area contributed by atoms with Crippen molar-refractivity contribution in [3.05, 3.63) is 95.1 Å². The van der Waals surface area contributed by atoms with E-state index >= 15 is 0 Å². The average Bonchev–Trinajstić information content (AvgIpc) is 2.88. The summed E-state index contributed by atoms with van der Waals surface area (Å²) in [5.74, 6) is -1.47. The third kappa shape index (κ3) is 5.68. The summed E-state index contributed by atoms with van der Waals surface area (Å²) in [6.45, 7) is 4.53. The number of anilines is 2. The van der Waals surface area contributed by atoms with Gasteiger partial charge in [-0.25, -0.2) is 4.79 Å². The molecule has 0 aromatic heterocycles. The number of carbonyl (C=O) groups excluding carboxylic acids is 3. The smallest absolute Gasteiger partial charge is 0.339 e. The maximum absolute atomic E-state index is 12.9. The van der Waals surface area contributed by atoms with E-state index in [1.807, 2.05) is 31.2 Å². The van der Waals surface area contributed by atoms with Crippen molar-refractivity contribution < 1.29 is 23.9 Å². The lowest BCUT2D eigenvalue weighted by Gasteiger charge is -2.28. The Balaban J connectivity index is 1.35. The van der Waals surface area contributed by atoms with Crippen molar-refractivity contribution in [1.29, 1.82) is 0 Å². The van der Waals surface area contributed by atoms with Gasteiger partial charge >= 0.3 is 5.97 Å². The van der Waals surface area contributed by atoms with E-state index in [0.717, 1.165) is 24.3 Å². The highest BCUT2D eigenvalue weighted by atomic mass is 16.5. The van der Waals surface area contributed by atoms with Gasteiger partial charge in [-0.2, -0.15) is 0 Å². The summed E-state index contributed by atoms with van der Waals surface area (Å²) in [5.41, 5.74) is 3.52. The number of rotatable bonds is 7. The zero-order valence-corrected chi connectivity index (χ0v) is 19.0. The molecule has 0 radical (unpaired) electrons. The van der Waals surface area contributed by atoms with Gasteiger partial charge in [0.15, 0.2) is 12.4 Å². The zero-order valence-electron chi connectivity index (χ0n) is 19.0. The maximum Gasteiger partial charge on any atom is 0.339 e. The van der Waals surface area contributed by atoms with E-state index in [4.69, 9.17) is 9.47 Å². The molecule has 0 atom stereocenters. The minimum absolute atomic E-state index is 0.121. The molecule has 0 saturated carbocycles. The van der Waals surface area contributed by atoms with Crippen molar-refractivity contribution in [2.75, 3.05) is 43.1 Å². The van der Waals surface area contributed by atoms with Crippen LogP contribution in [0.3, 0.4) is 0 Å². The van der Waals surface area contributed by atoms with Gasteiger partial charge < -0.3 is 19.7 Å². The summed E-state index contributed by atoms with van der Waals surface area (Å²) < 4.78 is 10.6. The van der Waals surface area contributed by atoms with Crippen molar-refractivity contribution in [3.63, 3.8) is 0 Å². The fourth-order valence-electron chi connectivity index (χ4n) is 3.70. The number of nitrogens with one attached hydrogen (secondary N) is 1. The number of esters is 1. The molecule has 1 aliphatic rings. The van der Waals surface area contributed by atoms with E-state index < -0.39 is 18.5 Å². The molecule has 7 nitrogen and oxygen atoms in total. The minimum Gasteiger partial charge on any atom is -0.452 e. The normalized spacial score (nSPS) is 13.3. The molecule has 174 valence electrons. The summed E-state index contributed by atoms with van der Waals surface area (Å²) >= 11 is 0. The third-order valence-corrected chi connectivity index (χ3v) is 5.57. The predicted molar refractivity (Wildman–Crippen MR) is 129 cm³/mol. The van der Waals surface area contributed by atoms with Crippen LogP contribution in [0.25, 0.3) is 0 Å². The standard InChI is InChI=1S/C27H26N2O5/c1-19-6-8-20(9-7-19)26(31)23-4-2-3-5-24(23)27(32)34-18-25(30)28-21-10-12-22(13-11-21)29-14-16-33-17-15-29/h2-13H,14-18H2,1H3,(H,28,30). The Bertz CT molecular complexity index is 1170. The molecular weight excluding hydrogens is 432 g/mol. The van der Waals surface area contributed by atoms with E-state index in [2.05, 4.69) is 10.2 Å². The second-order valence-corrected chi connectivity index (χ2v) is 8.01. The Morgan fingerprint density at radius 2 is 1.53 bits per heavy atom. The van der Waals surface area contributed by atoms with E-state index in [1.165, 1.54) is 6.07 Å². The molecule has 1 heterocycles. The van der Waals surface area contributed by atoms with Gasteiger partial charge in [-0.1, -0.05) is 48.0 Å². The van der Waals surface area contributed by atoms with Gasteiger partial charge in [-0.3, -0.25) is 9.59 Å². The van der Waals surface area contributed by atoms with Crippen molar-refractivity contribution in [3.8, 4) is 0 Å². The highest BCUT2D eigenvalue weighted by Gasteiger charge is 2.20. The highest BCUT2D eigenvalue weighted by Crippen LogP contribution is 2.19. The first-order valence-electron chi connectivity index (χ1n) is 11.1. The Labute approximate surface area is 198 Å². The number of ketones is 1. The number of aryl methyl sites for hydroxylation is 1. The highest BCUT2D eigenvalue weighted by molar-refractivity contribution is 6.14. The van der Waals surface area contributed by atoms with Crippen LogP contribution in [-0.4, -0.2) is 50.6 Å². The zero-order chi connectivity index (χ0) is 23.9. The number of hydrogen-bond donors (Lipinski definition) is 1. The van der Waals surface area contributed by atoms with Crippen LogP contribution in [-0.2, 0) is 14.3 Å². The number of amides is 1. The van der Waals surface area contributed by atoms with E-state index in [1.54, 1.807) is 42.5 Å². The molecule has 1 amide bonds. The third-order valence-electron chi connectivity index (χ3n) is 5.57. The van der Waals surface area contributed by atoms with E-state index in [9.17, 15) is 14.4 Å². The van der Waals surface area contributed by atoms with Crippen LogP contribution >= 0.6 is 0 Å². The SMILES string of the molecule is Cc1ccc(C(=O)c2ccccc2C(=O)OCC(=O)Nc2ccc(N3CCOCC3)cc2)cc1. The molecule has 4 rings (SSSR count). The van der Waals surface area contributed by atoms with Gasteiger partial charge in [0, 0.05) is 35.6 Å². The van der Waals surface area contributed by atoms with Crippen LogP contribution in [0.2, 0.25) is 0 Å². The van der Waals surface area contributed by atoms with Gasteiger partial charge in [0.1, 0.15) is 0 Å². The molecule has 1 N–H and O–H groups in total. The molecule has 0 bridgehead atoms. The molecule has 7 heteroatoms. The van der Waals surface area contributed by atoms with Gasteiger partial charge in [-0.15, -0.1) is 0 Å². The van der Waals surface area contributed by atoms with Crippen LogP contribution in [0.4, 0.5) is 11.4 Å². The number of nitrogens with zero attached hydrogens (tertiary/aromatic N) is 1.